The Morgan fingerprint density at radius 3 is 2.50 bits per heavy atom. The van der Waals surface area contributed by atoms with Gasteiger partial charge in [0, 0.05) is 17.2 Å². The first-order valence-corrected chi connectivity index (χ1v) is 6.67. The molecule has 0 aromatic heterocycles. The first-order chi connectivity index (χ1) is 10.5. The summed E-state index contributed by atoms with van der Waals surface area (Å²) < 4.78 is 10.4. The first-order valence-electron chi connectivity index (χ1n) is 6.30. The Bertz CT molecular complexity index is 700. The van der Waals surface area contributed by atoms with E-state index in [1.807, 2.05) is 0 Å². The van der Waals surface area contributed by atoms with Crippen LogP contribution in [-0.2, 0) is 4.79 Å². The zero-order valence-corrected chi connectivity index (χ0v) is 12.4. The van der Waals surface area contributed by atoms with Crippen LogP contribution in [0.15, 0.2) is 42.5 Å². The van der Waals surface area contributed by atoms with Crippen LogP contribution < -0.4 is 9.47 Å². The van der Waals surface area contributed by atoms with E-state index < -0.39 is 10.9 Å². The second-order valence-corrected chi connectivity index (χ2v) is 4.86. The lowest BCUT2D eigenvalue weighted by molar-refractivity contribution is -0.384. The van der Waals surface area contributed by atoms with E-state index in [0.29, 0.717) is 16.5 Å². The Balaban J connectivity index is 1.91. The Morgan fingerprint density at radius 1 is 1.23 bits per heavy atom. The molecule has 2 aromatic rings. The number of benzene rings is 2. The number of nitro benzene ring substituents is 1. The maximum atomic E-state index is 11.7. The monoisotopic (exact) mass is 321 g/mol. The van der Waals surface area contributed by atoms with Crippen molar-refractivity contribution in [2.75, 3.05) is 6.61 Å². The molecule has 0 N–H and O–H groups in total. The molecule has 114 valence electrons. The van der Waals surface area contributed by atoms with Gasteiger partial charge in [0.25, 0.3) is 5.69 Å². The molecule has 0 saturated carbocycles. The molecule has 0 radical (unpaired) electrons. The molecular weight excluding hydrogens is 310 g/mol. The molecule has 0 saturated heterocycles. The van der Waals surface area contributed by atoms with Gasteiger partial charge in [-0.15, -0.1) is 0 Å². The third-order valence-electron chi connectivity index (χ3n) is 2.76. The number of nitrogens with zero attached hydrogens (tertiary/aromatic N) is 1. The van der Waals surface area contributed by atoms with E-state index in [4.69, 9.17) is 21.1 Å². The molecule has 0 spiro atoms. The average Bonchev–Trinajstić information content (AvgIpc) is 2.48. The Kier molecular flexibility index (Phi) is 4.95. The van der Waals surface area contributed by atoms with Gasteiger partial charge < -0.3 is 9.47 Å². The number of hydrogen-bond acceptors (Lipinski definition) is 5. The fourth-order valence-electron chi connectivity index (χ4n) is 1.69. The zero-order chi connectivity index (χ0) is 16.1. The van der Waals surface area contributed by atoms with E-state index in [9.17, 15) is 14.9 Å². The fraction of sp³-hybridized carbons (Fsp3) is 0.133. The van der Waals surface area contributed by atoms with Crippen LogP contribution in [0, 0.1) is 17.0 Å². The second kappa shape index (κ2) is 6.91. The van der Waals surface area contributed by atoms with Gasteiger partial charge in [-0.2, -0.15) is 0 Å². The molecule has 7 heteroatoms. The normalized spacial score (nSPS) is 10.1. The van der Waals surface area contributed by atoms with Crippen LogP contribution in [0.4, 0.5) is 5.69 Å². The van der Waals surface area contributed by atoms with Gasteiger partial charge in [0.15, 0.2) is 6.61 Å². The van der Waals surface area contributed by atoms with Gasteiger partial charge >= 0.3 is 5.97 Å². The predicted octanol–water partition coefficient (Wildman–Crippen LogP) is 3.54. The summed E-state index contributed by atoms with van der Waals surface area (Å²) in [6.07, 6.45) is 0. The average molecular weight is 322 g/mol. The van der Waals surface area contributed by atoms with E-state index in [2.05, 4.69) is 0 Å². The van der Waals surface area contributed by atoms with E-state index in [0.717, 1.165) is 5.56 Å². The summed E-state index contributed by atoms with van der Waals surface area (Å²) in [6, 6.07) is 10.3. The van der Waals surface area contributed by atoms with Crippen molar-refractivity contribution in [1.29, 1.82) is 0 Å². The standard InChI is InChI=1S/C15H12ClNO5/c1-10-8-11(16)2-7-14(10)22-15(18)9-21-13-5-3-12(4-6-13)17(19)20/h2-8H,9H2,1H3. The van der Waals surface area contributed by atoms with Gasteiger partial charge in [-0.25, -0.2) is 4.79 Å². The molecule has 0 fully saturated rings. The van der Waals surface area contributed by atoms with Gasteiger partial charge in [0.05, 0.1) is 4.92 Å². The summed E-state index contributed by atoms with van der Waals surface area (Å²) >= 11 is 5.82. The number of rotatable bonds is 5. The molecule has 0 heterocycles. The number of carbonyl (C=O) groups excluding carboxylic acids is 1. The van der Waals surface area contributed by atoms with Crippen LogP contribution in [0.1, 0.15) is 5.56 Å². The quantitative estimate of drug-likeness (QED) is 0.364. The lowest BCUT2D eigenvalue weighted by Gasteiger charge is -2.08. The highest BCUT2D eigenvalue weighted by molar-refractivity contribution is 6.30. The van der Waals surface area contributed by atoms with Crippen molar-refractivity contribution >= 4 is 23.3 Å². The first kappa shape index (κ1) is 15.8. The fourth-order valence-corrected chi connectivity index (χ4v) is 1.91. The Labute approximate surface area is 131 Å². The van der Waals surface area contributed by atoms with Gasteiger partial charge in [-0.05, 0) is 42.8 Å². The minimum Gasteiger partial charge on any atom is -0.482 e. The van der Waals surface area contributed by atoms with Crippen LogP contribution in [0.25, 0.3) is 0 Å². The van der Waals surface area contributed by atoms with E-state index in [1.54, 1.807) is 25.1 Å². The highest BCUT2D eigenvalue weighted by Crippen LogP contribution is 2.22. The van der Waals surface area contributed by atoms with Gasteiger partial charge in [-0.1, -0.05) is 11.6 Å². The van der Waals surface area contributed by atoms with Crippen molar-refractivity contribution in [2.45, 2.75) is 6.92 Å². The van der Waals surface area contributed by atoms with E-state index in [1.165, 1.54) is 24.3 Å². The van der Waals surface area contributed by atoms with Gasteiger partial charge in [-0.3, -0.25) is 10.1 Å². The topological polar surface area (TPSA) is 78.7 Å². The third kappa shape index (κ3) is 4.20. The summed E-state index contributed by atoms with van der Waals surface area (Å²) in [5.74, 6) is 0.167. The molecule has 0 amide bonds. The number of carbonyl (C=O) groups is 1. The molecule has 0 aliphatic heterocycles. The van der Waals surface area contributed by atoms with Crippen molar-refractivity contribution < 1.29 is 19.2 Å². The zero-order valence-electron chi connectivity index (χ0n) is 11.6. The van der Waals surface area contributed by atoms with Crippen LogP contribution in [-0.4, -0.2) is 17.5 Å². The molecule has 2 rings (SSSR count). The van der Waals surface area contributed by atoms with Crippen LogP contribution in [0.2, 0.25) is 5.02 Å². The number of nitro groups is 1. The summed E-state index contributed by atoms with van der Waals surface area (Å²) in [6.45, 7) is 1.46. The van der Waals surface area contributed by atoms with Crippen molar-refractivity contribution in [3.8, 4) is 11.5 Å². The van der Waals surface area contributed by atoms with Gasteiger partial charge in [0.2, 0.25) is 0 Å². The van der Waals surface area contributed by atoms with E-state index >= 15 is 0 Å². The number of esters is 1. The number of hydrogen-bond donors (Lipinski definition) is 0. The highest BCUT2D eigenvalue weighted by atomic mass is 35.5. The maximum absolute atomic E-state index is 11.7. The molecular formula is C15H12ClNO5. The number of halogens is 1. The molecule has 2 aromatic carbocycles. The minimum atomic E-state index is -0.580. The molecule has 0 unspecified atom stereocenters. The second-order valence-electron chi connectivity index (χ2n) is 4.42. The molecule has 0 aliphatic carbocycles. The van der Waals surface area contributed by atoms with Crippen molar-refractivity contribution in [2.24, 2.45) is 0 Å². The number of aryl methyl sites for hydroxylation is 1. The van der Waals surface area contributed by atoms with Gasteiger partial charge in [0.1, 0.15) is 11.5 Å². The van der Waals surface area contributed by atoms with Crippen molar-refractivity contribution in [3.05, 3.63) is 63.2 Å². The summed E-state index contributed by atoms with van der Waals surface area (Å²) in [5, 5.41) is 11.1. The lowest BCUT2D eigenvalue weighted by Crippen LogP contribution is -2.18. The van der Waals surface area contributed by atoms with Crippen LogP contribution in [0.5, 0.6) is 11.5 Å². The third-order valence-corrected chi connectivity index (χ3v) is 3.00. The summed E-state index contributed by atoms with van der Waals surface area (Å²) in [7, 11) is 0. The largest absolute Gasteiger partial charge is 0.482 e. The molecule has 0 bridgehead atoms. The van der Waals surface area contributed by atoms with E-state index in [-0.39, 0.29) is 12.3 Å². The predicted molar refractivity (Wildman–Crippen MR) is 80.4 cm³/mol. The van der Waals surface area contributed by atoms with Crippen molar-refractivity contribution in [1.82, 2.24) is 0 Å². The highest BCUT2D eigenvalue weighted by Gasteiger charge is 2.10. The Hall–Kier alpha value is -2.60. The van der Waals surface area contributed by atoms with Crippen LogP contribution >= 0.6 is 11.6 Å². The maximum Gasteiger partial charge on any atom is 0.349 e. The number of ether oxygens (including phenoxy) is 2. The SMILES string of the molecule is Cc1cc(Cl)ccc1OC(=O)COc1ccc([N+](=O)[O-])cc1. The number of non-ortho nitro benzene ring substituents is 1. The minimum absolute atomic E-state index is 0.0493. The molecule has 22 heavy (non-hydrogen) atoms. The molecule has 6 nitrogen and oxygen atoms in total. The Morgan fingerprint density at radius 2 is 1.91 bits per heavy atom. The molecule has 0 atom stereocenters. The summed E-state index contributed by atoms with van der Waals surface area (Å²) in [5.41, 5.74) is 0.683. The lowest BCUT2D eigenvalue weighted by atomic mass is 10.2. The van der Waals surface area contributed by atoms with Crippen LogP contribution in [0.3, 0.4) is 0 Å². The van der Waals surface area contributed by atoms with Crippen molar-refractivity contribution in [3.63, 3.8) is 0 Å². The smallest absolute Gasteiger partial charge is 0.349 e. The molecule has 0 aliphatic rings. The summed E-state index contributed by atoms with van der Waals surface area (Å²) in [4.78, 5) is 21.7.